The molecule has 1 aliphatic heterocycles. The molecule has 4 aromatic rings. The van der Waals surface area contributed by atoms with Gasteiger partial charge in [0.2, 0.25) is 0 Å². The van der Waals surface area contributed by atoms with Gasteiger partial charge < -0.3 is 14.8 Å². The normalized spacial score (nSPS) is 16.0. The molecule has 0 radical (unpaired) electrons. The maximum absolute atomic E-state index is 11.4. The number of fused-ring (bicyclic) bond motifs is 3. The van der Waals surface area contributed by atoms with Crippen LogP contribution in [0.15, 0.2) is 60.7 Å². The molecule has 142 valence electrons. The van der Waals surface area contributed by atoms with Crippen molar-refractivity contribution in [3.8, 4) is 11.5 Å². The van der Waals surface area contributed by atoms with Crippen molar-refractivity contribution in [1.82, 2.24) is 9.88 Å². The maximum Gasteiger partial charge on any atom is 0.130 e. The number of likely N-dealkylation sites (tertiary alicyclic amines) is 1. The lowest BCUT2D eigenvalue weighted by Crippen LogP contribution is -2.26. The van der Waals surface area contributed by atoms with Crippen LogP contribution >= 0.6 is 0 Å². The molecule has 4 nitrogen and oxygen atoms in total. The van der Waals surface area contributed by atoms with Crippen LogP contribution in [-0.4, -0.2) is 35.2 Å². The third-order valence-electron chi connectivity index (χ3n) is 5.91. The van der Waals surface area contributed by atoms with Crippen molar-refractivity contribution in [2.24, 2.45) is 0 Å². The minimum absolute atomic E-state index is 0.0338. The van der Waals surface area contributed by atoms with E-state index < -0.39 is 0 Å². The number of aromatic amines is 1. The SMILES string of the molecule is COc1ccc(C(c2ccc3[nH]c4ccccc4c3c2O)N2CCCC2)cc1. The standard InChI is InChI=1S/C24H24N2O2/c1-28-17-10-8-16(9-11-17)23(26-14-4-5-15-26)19-12-13-21-22(24(19)27)18-6-2-3-7-20(18)25-21/h2-3,6-13,23,25,27H,4-5,14-15H2,1H3. The van der Waals surface area contributed by atoms with Gasteiger partial charge in [0.25, 0.3) is 0 Å². The minimum atomic E-state index is 0.0338. The Labute approximate surface area is 164 Å². The van der Waals surface area contributed by atoms with Gasteiger partial charge in [-0.05, 0) is 55.8 Å². The highest BCUT2D eigenvalue weighted by Gasteiger charge is 2.28. The van der Waals surface area contributed by atoms with Crippen molar-refractivity contribution < 1.29 is 9.84 Å². The van der Waals surface area contributed by atoms with E-state index in [1.807, 2.05) is 24.3 Å². The second-order valence-corrected chi connectivity index (χ2v) is 7.52. The van der Waals surface area contributed by atoms with Gasteiger partial charge in [-0.1, -0.05) is 36.4 Å². The van der Waals surface area contributed by atoms with Crippen molar-refractivity contribution in [3.63, 3.8) is 0 Å². The fourth-order valence-electron chi connectivity index (χ4n) is 4.53. The molecule has 0 saturated carbocycles. The van der Waals surface area contributed by atoms with Crippen molar-refractivity contribution >= 4 is 21.8 Å². The lowest BCUT2D eigenvalue weighted by molar-refractivity contribution is 0.275. The number of hydrogen-bond donors (Lipinski definition) is 2. The average Bonchev–Trinajstić information content (AvgIpc) is 3.38. The van der Waals surface area contributed by atoms with E-state index in [4.69, 9.17) is 4.74 Å². The van der Waals surface area contributed by atoms with E-state index in [-0.39, 0.29) is 6.04 Å². The summed E-state index contributed by atoms with van der Waals surface area (Å²) >= 11 is 0. The van der Waals surface area contributed by atoms with Crippen LogP contribution < -0.4 is 4.74 Å². The number of phenolic OH excluding ortho intramolecular Hbond substituents is 1. The summed E-state index contributed by atoms with van der Waals surface area (Å²) < 4.78 is 5.33. The quantitative estimate of drug-likeness (QED) is 0.516. The third-order valence-corrected chi connectivity index (χ3v) is 5.91. The summed E-state index contributed by atoms with van der Waals surface area (Å²) in [5.41, 5.74) is 4.16. The van der Waals surface area contributed by atoms with E-state index in [2.05, 4.69) is 46.3 Å². The highest BCUT2D eigenvalue weighted by molar-refractivity contribution is 6.10. The zero-order valence-electron chi connectivity index (χ0n) is 16.0. The fourth-order valence-corrected chi connectivity index (χ4v) is 4.53. The molecule has 5 rings (SSSR count). The first kappa shape index (κ1) is 17.1. The molecule has 2 heterocycles. The van der Waals surface area contributed by atoms with Gasteiger partial charge in [0.1, 0.15) is 11.5 Å². The van der Waals surface area contributed by atoms with E-state index in [0.717, 1.165) is 46.2 Å². The van der Waals surface area contributed by atoms with Crippen LogP contribution in [0.25, 0.3) is 21.8 Å². The van der Waals surface area contributed by atoms with Crippen LogP contribution in [0.2, 0.25) is 0 Å². The van der Waals surface area contributed by atoms with Crippen LogP contribution in [-0.2, 0) is 0 Å². The number of H-pyrrole nitrogens is 1. The van der Waals surface area contributed by atoms with Crippen molar-refractivity contribution in [2.45, 2.75) is 18.9 Å². The monoisotopic (exact) mass is 372 g/mol. The topological polar surface area (TPSA) is 48.5 Å². The second-order valence-electron chi connectivity index (χ2n) is 7.52. The highest BCUT2D eigenvalue weighted by atomic mass is 16.5. The van der Waals surface area contributed by atoms with E-state index in [9.17, 15) is 5.11 Å². The molecule has 2 N–H and O–H groups in total. The smallest absolute Gasteiger partial charge is 0.130 e. The molecule has 1 atom stereocenters. The van der Waals surface area contributed by atoms with E-state index in [1.54, 1.807) is 7.11 Å². The summed E-state index contributed by atoms with van der Waals surface area (Å²) in [7, 11) is 1.68. The molecule has 3 aromatic carbocycles. The van der Waals surface area contributed by atoms with Crippen LogP contribution in [0.3, 0.4) is 0 Å². The van der Waals surface area contributed by atoms with Crippen LogP contribution in [0.5, 0.6) is 11.5 Å². The van der Waals surface area contributed by atoms with Gasteiger partial charge >= 0.3 is 0 Å². The largest absolute Gasteiger partial charge is 0.507 e. The number of ether oxygens (including phenoxy) is 1. The van der Waals surface area contributed by atoms with Gasteiger partial charge in [0.15, 0.2) is 0 Å². The van der Waals surface area contributed by atoms with Gasteiger partial charge in [0.05, 0.1) is 18.7 Å². The summed E-state index contributed by atoms with van der Waals surface area (Å²) in [6.45, 7) is 2.09. The number of phenols is 1. The molecule has 1 aliphatic rings. The molecule has 4 heteroatoms. The Morgan fingerprint density at radius 1 is 0.929 bits per heavy atom. The molecule has 28 heavy (non-hydrogen) atoms. The molecule has 0 bridgehead atoms. The summed E-state index contributed by atoms with van der Waals surface area (Å²) in [6, 6.07) is 20.6. The van der Waals surface area contributed by atoms with Gasteiger partial charge in [-0.2, -0.15) is 0 Å². The second kappa shape index (κ2) is 6.88. The van der Waals surface area contributed by atoms with E-state index in [1.165, 1.54) is 18.4 Å². The van der Waals surface area contributed by atoms with E-state index in [0.29, 0.717) is 5.75 Å². The number of hydrogen-bond acceptors (Lipinski definition) is 3. The number of nitrogens with one attached hydrogen (secondary N) is 1. The van der Waals surface area contributed by atoms with E-state index >= 15 is 0 Å². The summed E-state index contributed by atoms with van der Waals surface area (Å²) in [5.74, 6) is 1.22. The number of aromatic hydroxyl groups is 1. The Morgan fingerprint density at radius 3 is 2.43 bits per heavy atom. The van der Waals surface area contributed by atoms with Crippen LogP contribution in [0, 0.1) is 0 Å². The summed E-state index contributed by atoms with van der Waals surface area (Å²) in [5, 5.41) is 13.3. The molecule has 0 amide bonds. The molecule has 1 fully saturated rings. The van der Waals surface area contributed by atoms with Crippen LogP contribution in [0.4, 0.5) is 0 Å². The number of aromatic nitrogens is 1. The molecule has 1 aromatic heterocycles. The Bertz CT molecular complexity index is 1120. The first-order valence-corrected chi connectivity index (χ1v) is 9.86. The Balaban J connectivity index is 1.70. The summed E-state index contributed by atoms with van der Waals surface area (Å²) in [6.07, 6.45) is 2.39. The lowest BCUT2D eigenvalue weighted by atomic mass is 9.94. The number of rotatable bonds is 4. The van der Waals surface area contributed by atoms with Gasteiger partial charge in [-0.15, -0.1) is 0 Å². The zero-order valence-corrected chi connectivity index (χ0v) is 16.0. The number of methoxy groups -OCH3 is 1. The Kier molecular flexibility index (Phi) is 4.21. The molecular formula is C24H24N2O2. The first-order chi connectivity index (χ1) is 13.8. The zero-order chi connectivity index (χ0) is 19.1. The maximum atomic E-state index is 11.4. The number of benzene rings is 3. The summed E-state index contributed by atoms with van der Waals surface area (Å²) in [4.78, 5) is 5.89. The number of nitrogens with zero attached hydrogens (tertiary/aromatic N) is 1. The predicted molar refractivity (Wildman–Crippen MR) is 113 cm³/mol. The Hall–Kier alpha value is -2.98. The lowest BCUT2D eigenvalue weighted by Gasteiger charge is -2.29. The Morgan fingerprint density at radius 2 is 1.68 bits per heavy atom. The predicted octanol–water partition coefficient (Wildman–Crippen LogP) is 5.22. The first-order valence-electron chi connectivity index (χ1n) is 9.86. The van der Waals surface area contributed by atoms with Crippen LogP contribution in [0.1, 0.15) is 30.0 Å². The molecule has 0 spiro atoms. The van der Waals surface area contributed by atoms with Gasteiger partial charge in [0, 0.05) is 21.9 Å². The molecular weight excluding hydrogens is 348 g/mol. The molecule has 0 aliphatic carbocycles. The molecule has 1 saturated heterocycles. The van der Waals surface area contributed by atoms with Crippen molar-refractivity contribution in [1.29, 1.82) is 0 Å². The molecule has 1 unspecified atom stereocenters. The van der Waals surface area contributed by atoms with Gasteiger partial charge in [-0.3, -0.25) is 4.90 Å². The minimum Gasteiger partial charge on any atom is -0.507 e. The van der Waals surface area contributed by atoms with Gasteiger partial charge in [-0.25, -0.2) is 0 Å². The fraction of sp³-hybridized carbons (Fsp3) is 0.250. The number of para-hydroxylation sites is 1. The van der Waals surface area contributed by atoms with Crippen molar-refractivity contribution in [2.75, 3.05) is 20.2 Å². The van der Waals surface area contributed by atoms with Crippen molar-refractivity contribution in [3.05, 3.63) is 71.8 Å². The third kappa shape index (κ3) is 2.72. The average molecular weight is 372 g/mol. The highest BCUT2D eigenvalue weighted by Crippen LogP contribution is 2.42.